The normalized spacial score (nSPS) is 18.9. The number of anilines is 2. The first-order chi connectivity index (χ1) is 14.9. The minimum Gasteiger partial charge on any atom is -0.495 e. The molecule has 2 amide bonds. The van der Waals surface area contributed by atoms with Gasteiger partial charge in [-0.25, -0.2) is 8.42 Å². The second-order valence-corrected chi connectivity index (χ2v) is 9.51. The lowest BCUT2D eigenvalue weighted by Gasteiger charge is -2.29. The van der Waals surface area contributed by atoms with E-state index in [9.17, 15) is 18.0 Å². The standard InChI is InChI=1S/C20H30N4O6S/c1-29-18-6-5-16(15-17(18)24-9-2-3-14-31(24,27)28)22-20(26)19(25)21-7-4-8-23-10-12-30-13-11-23/h5-6,15H,2-4,7-14H2,1H3,(H,21,25)(H,22,26). The van der Waals surface area contributed by atoms with E-state index in [4.69, 9.17) is 9.47 Å². The summed E-state index contributed by atoms with van der Waals surface area (Å²) in [6, 6.07) is 4.67. The van der Waals surface area contributed by atoms with Crippen LogP contribution in [0.3, 0.4) is 0 Å². The Morgan fingerprint density at radius 2 is 1.90 bits per heavy atom. The number of sulfonamides is 1. The van der Waals surface area contributed by atoms with Crippen LogP contribution < -0.4 is 19.7 Å². The van der Waals surface area contributed by atoms with E-state index in [1.54, 1.807) is 12.1 Å². The van der Waals surface area contributed by atoms with Crippen molar-refractivity contribution in [1.29, 1.82) is 0 Å². The zero-order chi connectivity index (χ0) is 22.3. The number of hydrogen-bond acceptors (Lipinski definition) is 7. The van der Waals surface area contributed by atoms with Crippen molar-refractivity contribution in [3.8, 4) is 5.75 Å². The van der Waals surface area contributed by atoms with Crippen LogP contribution in [-0.4, -0.2) is 83.9 Å². The molecule has 11 heteroatoms. The van der Waals surface area contributed by atoms with E-state index in [0.717, 1.165) is 45.7 Å². The largest absolute Gasteiger partial charge is 0.495 e. The van der Waals surface area contributed by atoms with E-state index in [0.29, 0.717) is 36.6 Å². The maximum absolute atomic E-state index is 12.5. The molecule has 31 heavy (non-hydrogen) atoms. The predicted octanol–water partition coefficient (Wildman–Crippen LogP) is 0.402. The van der Waals surface area contributed by atoms with Crippen LogP contribution in [-0.2, 0) is 24.3 Å². The second-order valence-electron chi connectivity index (χ2n) is 7.50. The fourth-order valence-corrected chi connectivity index (χ4v) is 5.26. The van der Waals surface area contributed by atoms with Gasteiger partial charge in [0, 0.05) is 31.9 Å². The molecule has 0 saturated carbocycles. The maximum Gasteiger partial charge on any atom is 0.313 e. The van der Waals surface area contributed by atoms with Gasteiger partial charge in [-0.3, -0.25) is 18.8 Å². The Morgan fingerprint density at radius 1 is 1.13 bits per heavy atom. The van der Waals surface area contributed by atoms with Gasteiger partial charge in [0.15, 0.2) is 0 Å². The highest BCUT2D eigenvalue weighted by Crippen LogP contribution is 2.35. The van der Waals surface area contributed by atoms with Gasteiger partial charge in [-0.1, -0.05) is 0 Å². The Hall–Kier alpha value is -2.37. The molecule has 0 atom stereocenters. The zero-order valence-corrected chi connectivity index (χ0v) is 18.6. The lowest BCUT2D eigenvalue weighted by molar-refractivity contribution is -0.136. The van der Waals surface area contributed by atoms with Crippen LogP contribution >= 0.6 is 0 Å². The van der Waals surface area contributed by atoms with Crippen LogP contribution in [0.2, 0.25) is 0 Å². The van der Waals surface area contributed by atoms with Gasteiger partial charge in [0.25, 0.3) is 0 Å². The topological polar surface area (TPSA) is 117 Å². The molecule has 0 unspecified atom stereocenters. The van der Waals surface area contributed by atoms with Crippen LogP contribution in [0, 0.1) is 0 Å². The van der Waals surface area contributed by atoms with Gasteiger partial charge in [-0.05, 0) is 44.0 Å². The summed E-state index contributed by atoms with van der Waals surface area (Å²) in [6.45, 7) is 4.76. The number of carbonyl (C=O) groups is 2. The van der Waals surface area contributed by atoms with E-state index in [2.05, 4.69) is 15.5 Å². The molecule has 0 bridgehead atoms. The highest BCUT2D eigenvalue weighted by Gasteiger charge is 2.28. The van der Waals surface area contributed by atoms with E-state index in [-0.39, 0.29) is 5.75 Å². The predicted molar refractivity (Wildman–Crippen MR) is 117 cm³/mol. The first-order valence-corrected chi connectivity index (χ1v) is 12.1. The molecule has 2 N–H and O–H groups in total. The molecule has 10 nitrogen and oxygen atoms in total. The number of rotatable bonds is 7. The molecule has 1 aromatic carbocycles. The highest BCUT2D eigenvalue weighted by molar-refractivity contribution is 7.92. The molecule has 2 saturated heterocycles. The second kappa shape index (κ2) is 10.8. The number of ether oxygens (including phenoxy) is 2. The Labute approximate surface area is 182 Å². The van der Waals surface area contributed by atoms with Crippen molar-refractivity contribution in [3.05, 3.63) is 18.2 Å². The minimum absolute atomic E-state index is 0.0690. The van der Waals surface area contributed by atoms with Crippen molar-refractivity contribution in [2.75, 3.05) is 68.4 Å². The summed E-state index contributed by atoms with van der Waals surface area (Å²) in [6.07, 6.45) is 2.09. The van der Waals surface area contributed by atoms with Crippen molar-refractivity contribution in [1.82, 2.24) is 10.2 Å². The van der Waals surface area contributed by atoms with Crippen molar-refractivity contribution in [3.63, 3.8) is 0 Å². The molecule has 2 heterocycles. The average Bonchev–Trinajstić information content (AvgIpc) is 2.77. The summed E-state index contributed by atoms with van der Waals surface area (Å²) < 4.78 is 36.8. The molecule has 2 aliphatic heterocycles. The molecular weight excluding hydrogens is 424 g/mol. The molecule has 172 valence electrons. The number of nitrogens with zero attached hydrogens (tertiary/aromatic N) is 2. The number of methoxy groups -OCH3 is 1. The van der Waals surface area contributed by atoms with Gasteiger partial charge in [0.05, 0.1) is 31.8 Å². The lowest BCUT2D eigenvalue weighted by Crippen LogP contribution is -2.40. The molecule has 0 aliphatic carbocycles. The van der Waals surface area contributed by atoms with Gasteiger partial charge in [0.2, 0.25) is 10.0 Å². The first kappa shape index (κ1) is 23.3. The van der Waals surface area contributed by atoms with Crippen LogP contribution in [0.1, 0.15) is 19.3 Å². The number of carbonyl (C=O) groups excluding carboxylic acids is 2. The van der Waals surface area contributed by atoms with E-state index < -0.39 is 21.8 Å². The summed E-state index contributed by atoms with van der Waals surface area (Å²) in [5.41, 5.74) is 0.677. The van der Waals surface area contributed by atoms with Gasteiger partial charge in [-0.2, -0.15) is 0 Å². The number of hydrogen-bond donors (Lipinski definition) is 2. The number of morpholine rings is 1. The third-order valence-electron chi connectivity index (χ3n) is 5.30. The van der Waals surface area contributed by atoms with Crippen molar-refractivity contribution >= 4 is 33.2 Å². The van der Waals surface area contributed by atoms with Gasteiger partial charge >= 0.3 is 11.8 Å². The summed E-state index contributed by atoms with van der Waals surface area (Å²) in [4.78, 5) is 26.6. The van der Waals surface area contributed by atoms with Gasteiger partial charge in [0.1, 0.15) is 5.75 Å². The monoisotopic (exact) mass is 454 g/mol. The Bertz CT molecular complexity index is 886. The van der Waals surface area contributed by atoms with Crippen LogP contribution in [0.4, 0.5) is 11.4 Å². The summed E-state index contributed by atoms with van der Waals surface area (Å²) in [5.74, 6) is -1.08. The highest BCUT2D eigenvalue weighted by atomic mass is 32.2. The number of nitrogens with one attached hydrogen (secondary N) is 2. The maximum atomic E-state index is 12.5. The summed E-state index contributed by atoms with van der Waals surface area (Å²) in [5, 5.41) is 5.15. The quantitative estimate of drug-likeness (QED) is 0.452. The molecule has 0 aromatic heterocycles. The van der Waals surface area contributed by atoms with Gasteiger partial charge in [-0.15, -0.1) is 0 Å². The number of amides is 2. The van der Waals surface area contributed by atoms with Crippen molar-refractivity contribution in [2.24, 2.45) is 0 Å². The fourth-order valence-electron chi connectivity index (χ4n) is 3.62. The number of benzene rings is 1. The summed E-state index contributed by atoms with van der Waals surface area (Å²) in [7, 11) is -1.99. The Balaban J connectivity index is 1.56. The molecule has 0 radical (unpaired) electrons. The molecule has 2 aliphatic rings. The van der Waals surface area contributed by atoms with Crippen LogP contribution in [0.25, 0.3) is 0 Å². The van der Waals surface area contributed by atoms with E-state index in [1.807, 2.05) is 0 Å². The SMILES string of the molecule is COc1ccc(NC(=O)C(=O)NCCCN2CCOCC2)cc1N1CCCCS1(=O)=O. The van der Waals surface area contributed by atoms with Crippen molar-refractivity contribution in [2.45, 2.75) is 19.3 Å². The smallest absolute Gasteiger partial charge is 0.313 e. The lowest BCUT2D eigenvalue weighted by atomic mass is 10.2. The van der Waals surface area contributed by atoms with Gasteiger partial charge < -0.3 is 20.1 Å². The molecule has 2 fully saturated rings. The molecule has 0 spiro atoms. The third kappa shape index (κ3) is 6.31. The first-order valence-electron chi connectivity index (χ1n) is 10.5. The van der Waals surface area contributed by atoms with E-state index in [1.165, 1.54) is 17.5 Å². The molecule has 3 rings (SSSR count). The molecular formula is C20H30N4O6S. The Kier molecular flexibility index (Phi) is 8.10. The van der Waals surface area contributed by atoms with Crippen molar-refractivity contribution < 1.29 is 27.5 Å². The average molecular weight is 455 g/mol. The van der Waals surface area contributed by atoms with E-state index >= 15 is 0 Å². The Morgan fingerprint density at radius 3 is 2.61 bits per heavy atom. The fraction of sp³-hybridized carbons (Fsp3) is 0.600. The minimum atomic E-state index is -3.45. The zero-order valence-electron chi connectivity index (χ0n) is 17.8. The summed E-state index contributed by atoms with van der Waals surface area (Å²) >= 11 is 0. The molecule has 1 aromatic rings. The third-order valence-corrected chi connectivity index (χ3v) is 7.16. The van der Waals surface area contributed by atoms with Crippen LogP contribution in [0.5, 0.6) is 5.75 Å². The van der Waals surface area contributed by atoms with Crippen LogP contribution in [0.15, 0.2) is 18.2 Å².